The number of likely N-dealkylation sites (N-methyl/N-ethyl adjacent to an activating group) is 1. The van der Waals surface area contributed by atoms with Crippen LogP contribution in [0.1, 0.15) is 25.7 Å². The zero-order valence-corrected chi connectivity index (χ0v) is 14.2. The van der Waals surface area contributed by atoms with Crippen LogP contribution in [0.2, 0.25) is 0 Å². The Labute approximate surface area is 140 Å². The van der Waals surface area contributed by atoms with Crippen molar-refractivity contribution < 1.29 is 26.8 Å². The van der Waals surface area contributed by atoms with Gasteiger partial charge in [-0.15, -0.1) is 4.28 Å². The Hall–Kier alpha value is -1.43. The predicted molar refractivity (Wildman–Crippen MR) is 82.0 cm³/mol. The summed E-state index contributed by atoms with van der Waals surface area (Å²) in [5, 5.41) is 3.90. The zero-order chi connectivity index (χ0) is 17.5. The van der Waals surface area contributed by atoms with E-state index < -0.39 is 28.5 Å². The summed E-state index contributed by atoms with van der Waals surface area (Å²) < 4.78 is 35.0. The number of fused-ring (bicyclic) bond motifs is 2. The summed E-state index contributed by atoms with van der Waals surface area (Å²) in [6, 6.07) is -1.66. The molecule has 0 aliphatic carbocycles. The second kappa shape index (κ2) is 6.47. The first-order valence-corrected chi connectivity index (χ1v) is 9.38. The van der Waals surface area contributed by atoms with Crippen LogP contribution in [-0.4, -0.2) is 84.6 Å². The summed E-state index contributed by atoms with van der Waals surface area (Å²) in [5.41, 5.74) is 0. The minimum absolute atomic E-state index is 0.137. The van der Waals surface area contributed by atoms with Gasteiger partial charge in [-0.05, 0) is 38.8 Å². The lowest BCUT2D eigenvalue weighted by atomic mass is 9.98. The molecule has 3 amide bonds. The van der Waals surface area contributed by atoms with Gasteiger partial charge in [-0.25, -0.2) is 4.79 Å². The van der Waals surface area contributed by atoms with Crippen molar-refractivity contribution >= 4 is 22.3 Å². The third-order valence-corrected chi connectivity index (χ3v) is 5.34. The van der Waals surface area contributed by atoms with Crippen LogP contribution >= 0.6 is 0 Å². The van der Waals surface area contributed by atoms with E-state index in [-0.39, 0.29) is 18.5 Å². The molecule has 0 aromatic heterocycles. The number of urea groups is 1. The largest absolute Gasteiger partial charge is 0.418 e. The normalized spacial score (nSPS) is 28.3. The quantitative estimate of drug-likeness (QED) is 0.628. The highest BCUT2D eigenvalue weighted by Crippen LogP contribution is 2.31. The van der Waals surface area contributed by atoms with Crippen LogP contribution in [0.15, 0.2) is 0 Å². The highest BCUT2D eigenvalue weighted by atomic mass is 32.3. The predicted octanol–water partition coefficient (Wildman–Crippen LogP) is -0.800. The number of hydrogen-bond acceptors (Lipinski definition) is 6. The molecule has 136 valence electrons. The van der Waals surface area contributed by atoms with Gasteiger partial charge in [-0.2, -0.15) is 13.5 Å². The van der Waals surface area contributed by atoms with Crippen LogP contribution in [0.5, 0.6) is 0 Å². The molecule has 3 rings (SSSR count). The van der Waals surface area contributed by atoms with Gasteiger partial charge in [-0.3, -0.25) is 9.35 Å². The third-order valence-electron chi connectivity index (χ3n) is 4.99. The van der Waals surface area contributed by atoms with Crippen molar-refractivity contribution in [2.45, 2.75) is 43.8 Å². The van der Waals surface area contributed by atoms with E-state index in [2.05, 4.69) is 9.60 Å². The maximum Gasteiger partial charge on any atom is 0.418 e. The number of rotatable bonds is 4. The fourth-order valence-corrected chi connectivity index (χ4v) is 4.09. The molecule has 3 saturated heterocycles. The van der Waals surface area contributed by atoms with Crippen LogP contribution < -0.4 is 5.32 Å². The Morgan fingerprint density at radius 2 is 1.96 bits per heavy atom. The molecule has 0 aromatic rings. The molecule has 24 heavy (non-hydrogen) atoms. The average molecular weight is 362 g/mol. The lowest BCUT2D eigenvalue weighted by molar-refractivity contribution is -0.137. The van der Waals surface area contributed by atoms with Crippen molar-refractivity contribution in [1.82, 2.24) is 20.2 Å². The lowest BCUT2D eigenvalue weighted by Gasteiger charge is -2.37. The maximum absolute atomic E-state index is 12.8. The van der Waals surface area contributed by atoms with Crippen LogP contribution in [0.25, 0.3) is 0 Å². The summed E-state index contributed by atoms with van der Waals surface area (Å²) in [6.45, 7) is 1.92. The molecule has 0 aromatic carbocycles. The van der Waals surface area contributed by atoms with Crippen molar-refractivity contribution in [3.8, 4) is 0 Å². The monoisotopic (exact) mass is 362 g/mol. The summed E-state index contributed by atoms with van der Waals surface area (Å²) >= 11 is 0. The Kier molecular flexibility index (Phi) is 4.69. The molecule has 3 aliphatic rings. The summed E-state index contributed by atoms with van der Waals surface area (Å²) in [4.78, 5) is 28.2. The van der Waals surface area contributed by atoms with E-state index in [0.717, 1.165) is 25.9 Å². The van der Waals surface area contributed by atoms with Gasteiger partial charge in [0.1, 0.15) is 6.04 Å². The molecule has 0 unspecified atom stereocenters. The van der Waals surface area contributed by atoms with Gasteiger partial charge in [0, 0.05) is 19.6 Å². The summed E-state index contributed by atoms with van der Waals surface area (Å²) in [5.74, 6) is -0.137. The lowest BCUT2D eigenvalue weighted by Crippen LogP contribution is -2.54. The molecule has 3 fully saturated rings. The molecule has 0 spiro atoms. The number of hydrogen-bond donors (Lipinski definition) is 2. The number of hydroxylamine groups is 2. The molecular weight excluding hydrogens is 340 g/mol. The van der Waals surface area contributed by atoms with Gasteiger partial charge < -0.3 is 15.1 Å². The highest BCUT2D eigenvalue weighted by Gasteiger charge is 2.50. The van der Waals surface area contributed by atoms with E-state index in [1.54, 1.807) is 11.9 Å². The van der Waals surface area contributed by atoms with Gasteiger partial charge in [0.15, 0.2) is 0 Å². The first-order valence-electron chi connectivity index (χ1n) is 8.02. The number of carbonyl (C=O) groups is 2. The van der Waals surface area contributed by atoms with Crippen LogP contribution in [-0.2, 0) is 19.5 Å². The van der Waals surface area contributed by atoms with Crippen molar-refractivity contribution in [3.05, 3.63) is 0 Å². The Morgan fingerprint density at radius 3 is 2.58 bits per heavy atom. The Morgan fingerprint density at radius 1 is 1.29 bits per heavy atom. The average Bonchev–Trinajstić information content (AvgIpc) is 2.78. The van der Waals surface area contributed by atoms with Crippen LogP contribution in [0.3, 0.4) is 0 Å². The van der Waals surface area contributed by atoms with E-state index in [9.17, 15) is 18.0 Å². The minimum atomic E-state index is -4.77. The van der Waals surface area contributed by atoms with Gasteiger partial charge in [0.2, 0.25) is 5.91 Å². The second-order valence-corrected chi connectivity index (χ2v) is 7.44. The fraction of sp³-hybridized carbons (Fsp3) is 0.846. The Bertz CT molecular complexity index is 620. The molecule has 0 saturated carbocycles. The van der Waals surface area contributed by atoms with E-state index >= 15 is 0 Å². The van der Waals surface area contributed by atoms with Crippen molar-refractivity contribution in [3.63, 3.8) is 0 Å². The molecule has 3 aliphatic heterocycles. The number of nitrogens with zero attached hydrogens (tertiary/aromatic N) is 3. The van der Waals surface area contributed by atoms with Crippen molar-refractivity contribution in [2.24, 2.45) is 0 Å². The van der Waals surface area contributed by atoms with Gasteiger partial charge in [0.25, 0.3) is 0 Å². The summed E-state index contributed by atoms with van der Waals surface area (Å²) in [7, 11) is -3.03. The highest BCUT2D eigenvalue weighted by molar-refractivity contribution is 7.80. The van der Waals surface area contributed by atoms with Crippen molar-refractivity contribution in [1.29, 1.82) is 0 Å². The SMILES string of the molecule is CN(C(=O)[C@@H]1CC[C@@H]2CN1C(=O)N2OS(=O)(=O)O)C1CCNCC1. The summed E-state index contributed by atoms with van der Waals surface area (Å²) in [6.07, 6.45) is 2.61. The van der Waals surface area contributed by atoms with Gasteiger partial charge in [-0.1, -0.05) is 0 Å². The van der Waals surface area contributed by atoms with E-state index in [0.29, 0.717) is 17.9 Å². The van der Waals surface area contributed by atoms with Crippen LogP contribution in [0, 0.1) is 0 Å². The zero-order valence-electron chi connectivity index (χ0n) is 13.4. The van der Waals surface area contributed by atoms with E-state index in [1.807, 2.05) is 0 Å². The van der Waals surface area contributed by atoms with E-state index in [4.69, 9.17) is 4.55 Å². The maximum atomic E-state index is 12.8. The smallest absolute Gasteiger partial charge is 0.341 e. The topological polar surface area (TPSA) is 119 Å². The molecule has 2 atom stereocenters. The first-order chi connectivity index (χ1) is 11.3. The second-order valence-electron chi connectivity index (χ2n) is 6.44. The number of amides is 3. The molecular formula is C13H22N4O6S. The molecule has 3 heterocycles. The number of carbonyl (C=O) groups excluding carboxylic acids is 2. The van der Waals surface area contributed by atoms with Crippen molar-refractivity contribution in [2.75, 3.05) is 26.7 Å². The molecule has 11 heteroatoms. The third kappa shape index (κ3) is 3.34. The molecule has 10 nitrogen and oxygen atoms in total. The standard InChI is InChI=1S/C13H22N4O6S/c1-15(9-4-6-14-7-5-9)12(18)11-3-2-10-8-16(11)13(19)17(10)23-24(20,21)22/h9-11,14H,2-8H2,1H3,(H,20,21,22)/t10-,11+/m1/s1. The molecule has 2 bridgehead atoms. The first kappa shape index (κ1) is 17.4. The van der Waals surface area contributed by atoms with Crippen LogP contribution in [0.4, 0.5) is 4.79 Å². The number of nitrogens with one attached hydrogen (secondary N) is 1. The fourth-order valence-electron chi connectivity index (χ4n) is 3.70. The number of piperidine rings is 2. The molecule has 0 radical (unpaired) electrons. The van der Waals surface area contributed by atoms with E-state index in [1.165, 1.54) is 4.90 Å². The van der Waals surface area contributed by atoms with Gasteiger partial charge in [0.05, 0.1) is 6.04 Å². The van der Waals surface area contributed by atoms with Gasteiger partial charge >= 0.3 is 16.4 Å². The Balaban J connectivity index is 1.70. The minimum Gasteiger partial charge on any atom is -0.341 e. The molecule has 2 N–H and O–H groups in total.